The Morgan fingerprint density at radius 1 is 1.35 bits per heavy atom. The summed E-state index contributed by atoms with van der Waals surface area (Å²) >= 11 is 0. The SMILES string of the molecule is CC(C)N(CCN)Cc1ccc([N+](=O)[O-])cc1. The highest BCUT2D eigenvalue weighted by Gasteiger charge is 2.10. The Bertz CT molecular complexity index is 363. The van der Waals surface area contributed by atoms with Crippen LogP contribution in [0.15, 0.2) is 24.3 Å². The third-order valence-electron chi connectivity index (χ3n) is 2.68. The number of nitrogens with zero attached hydrogens (tertiary/aromatic N) is 2. The second-order valence-corrected chi connectivity index (χ2v) is 4.28. The molecule has 0 amide bonds. The number of benzene rings is 1. The molecule has 0 bridgehead atoms. The van der Waals surface area contributed by atoms with Gasteiger partial charge < -0.3 is 5.73 Å². The van der Waals surface area contributed by atoms with Crippen molar-refractivity contribution in [2.45, 2.75) is 26.4 Å². The zero-order chi connectivity index (χ0) is 12.8. The molecule has 94 valence electrons. The maximum atomic E-state index is 10.5. The highest BCUT2D eigenvalue weighted by atomic mass is 16.6. The number of nitro groups is 1. The van der Waals surface area contributed by atoms with Crippen molar-refractivity contribution in [3.05, 3.63) is 39.9 Å². The van der Waals surface area contributed by atoms with Crippen molar-refractivity contribution in [3.63, 3.8) is 0 Å². The van der Waals surface area contributed by atoms with Gasteiger partial charge in [0.1, 0.15) is 0 Å². The molecular weight excluding hydrogens is 218 g/mol. The zero-order valence-electron chi connectivity index (χ0n) is 10.3. The van der Waals surface area contributed by atoms with E-state index in [-0.39, 0.29) is 10.6 Å². The van der Waals surface area contributed by atoms with Gasteiger partial charge in [-0.1, -0.05) is 12.1 Å². The van der Waals surface area contributed by atoms with Crippen LogP contribution in [0.2, 0.25) is 0 Å². The molecule has 1 aromatic carbocycles. The number of nitro benzene ring substituents is 1. The molecule has 0 atom stereocenters. The van der Waals surface area contributed by atoms with Crippen LogP contribution >= 0.6 is 0 Å². The van der Waals surface area contributed by atoms with E-state index in [1.54, 1.807) is 12.1 Å². The highest BCUT2D eigenvalue weighted by molar-refractivity contribution is 5.32. The summed E-state index contributed by atoms with van der Waals surface area (Å²) in [4.78, 5) is 12.4. The van der Waals surface area contributed by atoms with Crippen LogP contribution in [0, 0.1) is 10.1 Å². The van der Waals surface area contributed by atoms with Gasteiger partial charge in [-0.15, -0.1) is 0 Å². The third kappa shape index (κ3) is 4.13. The first-order valence-electron chi connectivity index (χ1n) is 5.72. The fourth-order valence-corrected chi connectivity index (χ4v) is 1.64. The minimum Gasteiger partial charge on any atom is -0.329 e. The van der Waals surface area contributed by atoms with E-state index in [9.17, 15) is 10.1 Å². The Kier molecular flexibility index (Phi) is 5.06. The fourth-order valence-electron chi connectivity index (χ4n) is 1.64. The van der Waals surface area contributed by atoms with Crippen molar-refractivity contribution in [2.75, 3.05) is 13.1 Å². The monoisotopic (exact) mass is 237 g/mol. The lowest BCUT2D eigenvalue weighted by molar-refractivity contribution is -0.384. The first-order chi connectivity index (χ1) is 8.04. The lowest BCUT2D eigenvalue weighted by atomic mass is 10.1. The van der Waals surface area contributed by atoms with Gasteiger partial charge in [-0.25, -0.2) is 0 Å². The standard InChI is InChI=1S/C12H19N3O2/c1-10(2)14(8-7-13)9-11-3-5-12(6-4-11)15(16)17/h3-6,10H,7-9,13H2,1-2H3. The van der Waals surface area contributed by atoms with Crippen molar-refractivity contribution >= 4 is 5.69 Å². The van der Waals surface area contributed by atoms with E-state index in [1.807, 2.05) is 0 Å². The van der Waals surface area contributed by atoms with Gasteiger partial charge in [0, 0.05) is 37.8 Å². The van der Waals surface area contributed by atoms with Crippen LogP contribution in [0.1, 0.15) is 19.4 Å². The molecule has 0 radical (unpaired) electrons. The minimum atomic E-state index is -0.385. The molecule has 0 aliphatic heterocycles. The van der Waals surface area contributed by atoms with Gasteiger partial charge in [-0.2, -0.15) is 0 Å². The predicted molar refractivity (Wildman–Crippen MR) is 67.7 cm³/mol. The van der Waals surface area contributed by atoms with Crippen molar-refractivity contribution in [1.29, 1.82) is 0 Å². The maximum Gasteiger partial charge on any atom is 0.269 e. The quantitative estimate of drug-likeness (QED) is 0.604. The first kappa shape index (κ1) is 13.6. The average molecular weight is 237 g/mol. The predicted octanol–water partition coefficient (Wildman–Crippen LogP) is 1.76. The van der Waals surface area contributed by atoms with Gasteiger partial charge >= 0.3 is 0 Å². The van der Waals surface area contributed by atoms with Crippen LogP contribution in [-0.4, -0.2) is 29.0 Å². The van der Waals surface area contributed by atoms with Gasteiger partial charge in [0.15, 0.2) is 0 Å². The van der Waals surface area contributed by atoms with Crippen molar-refractivity contribution in [2.24, 2.45) is 5.73 Å². The number of hydrogen-bond donors (Lipinski definition) is 1. The summed E-state index contributed by atoms with van der Waals surface area (Å²) < 4.78 is 0. The molecule has 17 heavy (non-hydrogen) atoms. The topological polar surface area (TPSA) is 72.4 Å². The van der Waals surface area contributed by atoms with Crippen LogP contribution in [0.25, 0.3) is 0 Å². The van der Waals surface area contributed by atoms with E-state index in [2.05, 4.69) is 18.7 Å². The summed E-state index contributed by atoms with van der Waals surface area (Å²) in [6.07, 6.45) is 0. The van der Waals surface area contributed by atoms with E-state index in [0.717, 1.165) is 18.7 Å². The molecule has 0 heterocycles. The summed E-state index contributed by atoms with van der Waals surface area (Å²) in [5.74, 6) is 0. The maximum absolute atomic E-state index is 10.5. The second-order valence-electron chi connectivity index (χ2n) is 4.28. The summed E-state index contributed by atoms with van der Waals surface area (Å²) in [5.41, 5.74) is 6.75. The molecule has 0 fully saturated rings. The van der Waals surface area contributed by atoms with E-state index in [1.165, 1.54) is 12.1 Å². The summed E-state index contributed by atoms with van der Waals surface area (Å²) in [5, 5.41) is 10.5. The third-order valence-corrected chi connectivity index (χ3v) is 2.68. The van der Waals surface area contributed by atoms with Crippen LogP contribution in [0.4, 0.5) is 5.69 Å². The summed E-state index contributed by atoms with van der Waals surface area (Å²) in [6.45, 7) is 6.44. The van der Waals surface area contributed by atoms with Crippen LogP contribution in [0.5, 0.6) is 0 Å². The molecule has 1 rings (SSSR count). The Labute approximate surface area is 101 Å². The molecule has 0 aromatic heterocycles. The smallest absolute Gasteiger partial charge is 0.269 e. The minimum absolute atomic E-state index is 0.128. The van der Waals surface area contributed by atoms with Gasteiger partial charge in [0.05, 0.1) is 4.92 Å². The van der Waals surface area contributed by atoms with Crippen molar-refractivity contribution < 1.29 is 4.92 Å². The Hall–Kier alpha value is -1.46. The van der Waals surface area contributed by atoms with E-state index in [4.69, 9.17) is 5.73 Å². The van der Waals surface area contributed by atoms with Crippen molar-refractivity contribution in [1.82, 2.24) is 4.90 Å². The number of hydrogen-bond acceptors (Lipinski definition) is 4. The summed E-state index contributed by atoms with van der Waals surface area (Å²) in [6, 6.07) is 7.08. The Morgan fingerprint density at radius 3 is 2.35 bits per heavy atom. The molecule has 2 N–H and O–H groups in total. The highest BCUT2D eigenvalue weighted by Crippen LogP contribution is 2.14. The second kappa shape index (κ2) is 6.32. The van der Waals surface area contributed by atoms with Gasteiger partial charge in [-0.3, -0.25) is 15.0 Å². The average Bonchev–Trinajstić information content (AvgIpc) is 2.29. The van der Waals surface area contributed by atoms with Crippen molar-refractivity contribution in [3.8, 4) is 0 Å². The lowest BCUT2D eigenvalue weighted by Crippen LogP contribution is -2.34. The molecule has 0 spiro atoms. The molecule has 5 nitrogen and oxygen atoms in total. The Balaban J connectivity index is 2.69. The van der Waals surface area contributed by atoms with Gasteiger partial charge in [0.2, 0.25) is 0 Å². The largest absolute Gasteiger partial charge is 0.329 e. The number of nitrogens with two attached hydrogens (primary N) is 1. The van der Waals surface area contributed by atoms with E-state index in [0.29, 0.717) is 12.6 Å². The molecule has 1 aromatic rings. The zero-order valence-corrected chi connectivity index (χ0v) is 10.3. The lowest BCUT2D eigenvalue weighted by Gasteiger charge is -2.25. The van der Waals surface area contributed by atoms with Gasteiger partial charge in [-0.05, 0) is 19.4 Å². The normalized spacial score (nSPS) is 11.1. The Morgan fingerprint density at radius 2 is 1.94 bits per heavy atom. The molecule has 5 heteroatoms. The molecule has 0 saturated carbocycles. The molecular formula is C12H19N3O2. The summed E-state index contributed by atoms with van der Waals surface area (Å²) in [7, 11) is 0. The number of non-ortho nitro benzene ring substituents is 1. The van der Waals surface area contributed by atoms with Crippen LogP contribution in [0.3, 0.4) is 0 Å². The van der Waals surface area contributed by atoms with Crippen LogP contribution in [-0.2, 0) is 6.54 Å². The first-order valence-corrected chi connectivity index (χ1v) is 5.72. The van der Waals surface area contributed by atoms with Gasteiger partial charge in [0.25, 0.3) is 5.69 Å². The molecule has 0 aliphatic carbocycles. The molecule has 0 aliphatic rings. The number of rotatable bonds is 6. The van der Waals surface area contributed by atoms with Crippen LogP contribution < -0.4 is 5.73 Å². The molecule has 0 saturated heterocycles. The molecule has 0 unspecified atom stereocenters. The van der Waals surface area contributed by atoms with E-state index >= 15 is 0 Å². The van der Waals surface area contributed by atoms with E-state index < -0.39 is 0 Å². The fraction of sp³-hybridized carbons (Fsp3) is 0.500.